The van der Waals surface area contributed by atoms with Crippen molar-refractivity contribution in [3.05, 3.63) is 65.5 Å². The van der Waals surface area contributed by atoms with Gasteiger partial charge in [-0.05, 0) is 35.7 Å². The van der Waals surface area contributed by atoms with Crippen molar-refractivity contribution in [2.45, 2.75) is 13.0 Å². The Morgan fingerprint density at radius 1 is 1.19 bits per heavy atom. The average molecular weight is 390 g/mol. The predicted molar refractivity (Wildman–Crippen MR) is 106 cm³/mol. The fourth-order valence-corrected chi connectivity index (χ4v) is 4.49. The van der Waals surface area contributed by atoms with Crippen LogP contribution in [0.2, 0.25) is 0 Å². The number of nitrogens with one attached hydrogen (secondary N) is 2. The van der Waals surface area contributed by atoms with Gasteiger partial charge in [-0.2, -0.15) is 0 Å². The summed E-state index contributed by atoms with van der Waals surface area (Å²) >= 11 is 0. The van der Waals surface area contributed by atoms with Gasteiger partial charge in [0.25, 0.3) is 0 Å². The lowest BCUT2D eigenvalue weighted by Crippen LogP contribution is -2.41. The molecular weight excluding hydrogens is 367 g/mol. The highest BCUT2D eigenvalue weighted by Crippen LogP contribution is 2.29. The van der Waals surface area contributed by atoms with Crippen molar-refractivity contribution >= 4 is 21.7 Å². The van der Waals surface area contributed by atoms with E-state index in [4.69, 9.17) is 0 Å². The van der Waals surface area contributed by atoms with Crippen LogP contribution in [0.25, 0.3) is 0 Å². The van der Waals surface area contributed by atoms with E-state index in [1.54, 1.807) is 19.2 Å². The third-order valence-electron chi connectivity index (χ3n) is 4.41. The third-order valence-corrected chi connectivity index (χ3v) is 6.18. The Kier molecular flexibility index (Phi) is 5.95. The number of sulfonamides is 1. The number of hydrogen-bond acceptors (Lipinski definition) is 3. The van der Waals surface area contributed by atoms with E-state index < -0.39 is 10.0 Å². The molecule has 1 heterocycles. The van der Waals surface area contributed by atoms with Crippen molar-refractivity contribution < 1.29 is 12.8 Å². The smallest absolute Gasteiger partial charge is 0.236 e. The Balaban J connectivity index is 1.52. The van der Waals surface area contributed by atoms with Gasteiger partial charge in [-0.1, -0.05) is 30.3 Å². The van der Waals surface area contributed by atoms with Crippen LogP contribution in [0.4, 0.5) is 10.1 Å². The van der Waals surface area contributed by atoms with Gasteiger partial charge in [-0.3, -0.25) is 9.30 Å². The quantitative estimate of drug-likeness (QED) is 0.584. The molecule has 0 saturated heterocycles. The first kappa shape index (κ1) is 19.2. The molecule has 0 unspecified atom stereocenters. The zero-order valence-corrected chi connectivity index (χ0v) is 16.0. The molecule has 8 heteroatoms. The summed E-state index contributed by atoms with van der Waals surface area (Å²) in [6.45, 7) is 1.10. The molecule has 0 bridgehead atoms. The van der Waals surface area contributed by atoms with Gasteiger partial charge in [0, 0.05) is 26.7 Å². The summed E-state index contributed by atoms with van der Waals surface area (Å²) < 4.78 is 40.0. The number of anilines is 1. The van der Waals surface area contributed by atoms with E-state index in [9.17, 15) is 12.8 Å². The molecule has 0 fully saturated rings. The van der Waals surface area contributed by atoms with Crippen LogP contribution in [0.5, 0.6) is 0 Å². The first-order valence-electron chi connectivity index (χ1n) is 8.77. The number of nitrogens with zero attached hydrogens (tertiary/aromatic N) is 2. The van der Waals surface area contributed by atoms with E-state index in [1.165, 1.54) is 16.4 Å². The molecule has 0 aromatic heterocycles. The Morgan fingerprint density at radius 3 is 2.78 bits per heavy atom. The summed E-state index contributed by atoms with van der Waals surface area (Å²) in [6, 6.07) is 13.8. The molecule has 2 N–H and O–H groups in total. The van der Waals surface area contributed by atoms with Crippen LogP contribution in [-0.4, -0.2) is 40.3 Å². The van der Waals surface area contributed by atoms with Crippen molar-refractivity contribution in [1.29, 1.82) is 0 Å². The van der Waals surface area contributed by atoms with Crippen LogP contribution in [0, 0.1) is 5.82 Å². The molecule has 3 rings (SSSR count). The molecule has 1 aliphatic heterocycles. The summed E-state index contributed by atoms with van der Waals surface area (Å²) in [4.78, 5) is 4.07. The average Bonchev–Trinajstić information content (AvgIpc) is 3.09. The Labute approximate surface area is 159 Å². The van der Waals surface area contributed by atoms with E-state index in [0.29, 0.717) is 19.0 Å². The van der Waals surface area contributed by atoms with E-state index in [1.807, 2.05) is 24.3 Å². The standard InChI is InChI=1S/C19H23FN4O2S/c1-21-19(23-14-15-5-4-7-17(20)13-15)22-10-12-27(25,26)24-11-9-16-6-2-3-8-18(16)24/h2-8,13H,9-12,14H2,1H3,(H2,21,22,23). The number of fused-ring (bicyclic) bond motifs is 1. The zero-order chi connectivity index (χ0) is 19.3. The molecule has 0 amide bonds. The maximum absolute atomic E-state index is 13.2. The second-order valence-corrected chi connectivity index (χ2v) is 8.26. The monoisotopic (exact) mass is 390 g/mol. The SMILES string of the molecule is CN=C(NCCS(=O)(=O)N1CCc2ccccc21)NCc1cccc(F)c1. The summed E-state index contributed by atoms with van der Waals surface area (Å²) in [7, 11) is -1.81. The van der Waals surface area contributed by atoms with Crippen LogP contribution < -0.4 is 14.9 Å². The fourth-order valence-electron chi connectivity index (χ4n) is 3.06. The van der Waals surface area contributed by atoms with Gasteiger partial charge in [-0.15, -0.1) is 0 Å². The largest absolute Gasteiger partial charge is 0.355 e. The van der Waals surface area contributed by atoms with Crippen LogP contribution in [-0.2, 0) is 23.0 Å². The van der Waals surface area contributed by atoms with Crippen molar-refractivity contribution in [3.8, 4) is 0 Å². The van der Waals surface area contributed by atoms with Crippen LogP contribution >= 0.6 is 0 Å². The molecule has 2 aromatic carbocycles. The highest BCUT2D eigenvalue weighted by molar-refractivity contribution is 7.92. The molecule has 0 spiro atoms. The van der Waals surface area contributed by atoms with Gasteiger partial charge in [0.1, 0.15) is 5.82 Å². The van der Waals surface area contributed by atoms with Crippen LogP contribution in [0.15, 0.2) is 53.5 Å². The summed E-state index contributed by atoms with van der Waals surface area (Å²) in [6.07, 6.45) is 0.736. The van der Waals surface area contributed by atoms with E-state index in [-0.39, 0.29) is 18.1 Å². The number of hydrogen-bond donors (Lipinski definition) is 2. The molecular formula is C19H23FN4O2S. The first-order valence-corrected chi connectivity index (χ1v) is 10.4. The van der Waals surface area contributed by atoms with Crippen molar-refractivity contribution in [2.75, 3.05) is 30.2 Å². The second-order valence-electron chi connectivity index (χ2n) is 6.25. The van der Waals surface area contributed by atoms with Gasteiger partial charge in [0.15, 0.2) is 5.96 Å². The van der Waals surface area contributed by atoms with E-state index in [0.717, 1.165) is 23.2 Å². The minimum atomic E-state index is -3.41. The number of benzene rings is 2. The number of aliphatic imine (C=N–C) groups is 1. The van der Waals surface area contributed by atoms with Gasteiger partial charge in [0.2, 0.25) is 10.0 Å². The lowest BCUT2D eigenvalue weighted by Gasteiger charge is -2.20. The first-order chi connectivity index (χ1) is 13.0. The molecule has 144 valence electrons. The molecule has 0 atom stereocenters. The van der Waals surface area contributed by atoms with Gasteiger partial charge in [-0.25, -0.2) is 12.8 Å². The highest BCUT2D eigenvalue weighted by atomic mass is 32.2. The topological polar surface area (TPSA) is 73.8 Å². The Bertz CT molecular complexity index is 931. The maximum Gasteiger partial charge on any atom is 0.236 e. The fraction of sp³-hybridized carbons (Fsp3) is 0.316. The minimum Gasteiger partial charge on any atom is -0.355 e. The minimum absolute atomic E-state index is 0.0397. The lowest BCUT2D eigenvalue weighted by atomic mass is 10.2. The summed E-state index contributed by atoms with van der Waals surface area (Å²) in [5, 5.41) is 6.05. The summed E-state index contributed by atoms with van der Waals surface area (Å²) in [5.74, 6) is 0.132. The molecule has 1 aliphatic rings. The Hall–Kier alpha value is -2.61. The number of para-hydroxylation sites is 1. The van der Waals surface area contributed by atoms with Crippen LogP contribution in [0.1, 0.15) is 11.1 Å². The van der Waals surface area contributed by atoms with Gasteiger partial charge in [0.05, 0.1) is 11.4 Å². The number of halogens is 1. The molecule has 0 aliphatic carbocycles. The Morgan fingerprint density at radius 2 is 2.00 bits per heavy atom. The molecule has 0 radical (unpaired) electrons. The van der Waals surface area contributed by atoms with E-state index >= 15 is 0 Å². The van der Waals surface area contributed by atoms with Gasteiger partial charge < -0.3 is 10.6 Å². The highest BCUT2D eigenvalue weighted by Gasteiger charge is 2.28. The summed E-state index contributed by atoms with van der Waals surface area (Å²) in [5.41, 5.74) is 2.60. The third kappa shape index (κ3) is 4.77. The normalized spacial score (nSPS) is 14.1. The lowest BCUT2D eigenvalue weighted by molar-refractivity contribution is 0.590. The predicted octanol–water partition coefficient (Wildman–Crippen LogP) is 1.88. The molecule has 2 aromatic rings. The van der Waals surface area contributed by atoms with Crippen molar-refractivity contribution in [3.63, 3.8) is 0 Å². The molecule has 0 saturated carbocycles. The van der Waals surface area contributed by atoms with Crippen molar-refractivity contribution in [2.24, 2.45) is 4.99 Å². The molecule has 6 nitrogen and oxygen atoms in total. The van der Waals surface area contributed by atoms with Crippen LogP contribution in [0.3, 0.4) is 0 Å². The number of rotatable bonds is 6. The molecule has 27 heavy (non-hydrogen) atoms. The van der Waals surface area contributed by atoms with E-state index in [2.05, 4.69) is 15.6 Å². The van der Waals surface area contributed by atoms with Gasteiger partial charge >= 0.3 is 0 Å². The number of guanidine groups is 1. The zero-order valence-electron chi connectivity index (χ0n) is 15.2. The van der Waals surface area contributed by atoms with Crippen molar-refractivity contribution in [1.82, 2.24) is 10.6 Å². The maximum atomic E-state index is 13.2. The second kappa shape index (κ2) is 8.39.